The maximum absolute atomic E-state index is 12.0. The van der Waals surface area contributed by atoms with E-state index >= 15 is 0 Å². The molecule has 0 aromatic rings. The molecule has 5 nitrogen and oxygen atoms in total. The van der Waals surface area contributed by atoms with Gasteiger partial charge in [-0.25, -0.2) is 0 Å². The Hall–Kier alpha value is -1.10. The summed E-state index contributed by atoms with van der Waals surface area (Å²) in [6.45, 7) is 2.80. The van der Waals surface area contributed by atoms with Crippen LogP contribution in [0.1, 0.15) is 84.0 Å². The lowest BCUT2D eigenvalue weighted by Crippen LogP contribution is -2.46. The van der Waals surface area contributed by atoms with Gasteiger partial charge in [0.05, 0.1) is 12.0 Å². The van der Waals surface area contributed by atoms with Gasteiger partial charge in [0.15, 0.2) is 0 Å². The Labute approximate surface area is 135 Å². The fourth-order valence-electron chi connectivity index (χ4n) is 3.04. The van der Waals surface area contributed by atoms with Crippen molar-refractivity contribution in [1.29, 1.82) is 0 Å². The number of aliphatic carboxylic acids is 1. The predicted molar refractivity (Wildman–Crippen MR) is 87.6 cm³/mol. The van der Waals surface area contributed by atoms with E-state index < -0.39 is 12.0 Å². The van der Waals surface area contributed by atoms with E-state index in [2.05, 4.69) is 6.92 Å². The van der Waals surface area contributed by atoms with Crippen molar-refractivity contribution < 1.29 is 14.7 Å². The van der Waals surface area contributed by atoms with Crippen LogP contribution in [0.4, 0.5) is 0 Å². The van der Waals surface area contributed by atoms with Gasteiger partial charge in [-0.15, -0.1) is 0 Å². The van der Waals surface area contributed by atoms with Crippen LogP contribution < -0.4 is 11.3 Å². The predicted octanol–water partition coefficient (Wildman–Crippen LogP) is 3.02. The molecule has 5 heteroatoms. The maximum atomic E-state index is 12.0. The molecule has 0 spiro atoms. The average molecular weight is 314 g/mol. The highest BCUT2D eigenvalue weighted by molar-refractivity contribution is 5.83. The molecule has 4 N–H and O–H groups in total. The minimum Gasteiger partial charge on any atom is -0.548 e. The number of unbranched alkanes of at least 4 members (excludes halogenated alkanes) is 8. The summed E-state index contributed by atoms with van der Waals surface area (Å²) in [7, 11) is 0. The van der Waals surface area contributed by atoms with Crippen molar-refractivity contribution in [1.82, 2.24) is 11.1 Å². The monoisotopic (exact) mass is 314 g/mol. The molecule has 0 aromatic carbocycles. The zero-order valence-corrected chi connectivity index (χ0v) is 14.4. The molecule has 0 aromatic heterocycles. The average Bonchev–Trinajstić information content (AvgIpc) is 2.95. The second-order valence-electron chi connectivity index (χ2n) is 6.14. The van der Waals surface area contributed by atoms with Gasteiger partial charge in [0.2, 0.25) is 5.91 Å². The van der Waals surface area contributed by atoms with Gasteiger partial charge in [-0.1, -0.05) is 58.3 Å². The van der Waals surface area contributed by atoms with Crippen LogP contribution in [-0.2, 0) is 9.59 Å². The molecule has 1 rings (SSSR count). The molecule has 0 bridgehead atoms. The van der Waals surface area contributed by atoms with Crippen molar-refractivity contribution in [2.45, 2.75) is 90.0 Å². The molecule has 1 amide bonds. The standard InChI is InChI=1S/C17H31NO3.H3N/c1-2-3-4-5-6-7-8-9-10-13-16(19)18-14-11-12-15(18)17(20)21;/h15H,2-14H2,1H3,(H,20,21);1H3/t15-;/m0./s1. The fraction of sp³-hybridized carbons (Fsp3) is 0.882. The van der Waals surface area contributed by atoms with Crippen LogP contribution in [0.3, 0.4) is 0 Å². The summed E-state index contributed by atoms with van der Waals surface area (Å²) in [5.74, 6) is -1.11. The van der Waals surface area contributed by atoms with Crippen molar-refractivity contribution in [3.63, 3.8) is 0 Å². The zero-order valence-electron chi connectivity index (χ0n) is 14.4. The molecule has 0 aliphatic carbocycles. The second kappa shape index (κ2) is 12.4. The quantitative estimate of drug-likeness (QED) is 0.593. The van der Waals surface area contributed by atoms with Crippen LogP contribution in [-0.4, -0.2) is 29.4 Å². The Morgan fingerprint density at radius 2 is 1.55 bits per heavy atom. The number of nitrogens with zero attached hydrogens (tertiary/aromatic N) is 1. The molecule has 1 saturated heterocycles. The Morgan fingerprint density at radius 1 is 1.00 bits per heavy atom. The van der Waals surface area contributed by atoms with Gasteiger partial charge in [0.25, 0.3) is 0 Å². The number of carbonyl (C=O) groups excluding carboxylic acids is 2. The number of carboxylic acid groups (broad SMARTS) is 1. The Morgan fingerprint density at radius 3 is 2.09 bits per heavy atom. The third-order valence-corrected chi connectivity index (χ3v) is 4.34. The largest absolute Gasteiger partial charge is 0.548 e. The van der Waals surface area contributed by atoms with Gasteiger partial charge in [0, 0.05) is 13.0 Å². The molecule has 1 aliphatic heterocycles. The van der Waals surface area contributed by atoms with E-state index in [0.717, 1.165) is 19.3 Å². The van der Waals surface area contributed by atoms with Gasteiger partial charge >= 0.3 is 0 Å². The summed E-state index contributed by atoms with van der Waals surface area (Å²) >= 11 is 0. The van der Waals surface area contributed by atoms with E-state index in [4.69, 9.17) is 0 Å². The van der Waals surface area contributed by atoms with Crippen LogP contribution in [0.25, 0.3) is 0 Å². The summed E-state index contributed by atoms with van der Waals surface area (Å²) in [6.07, 6.45) is 12.8. The summed E-state index contributed by atoms with van der Waals surface area (Å²) < 4.78 is 0. The third kappa shape index (κ3) is 7.78. The molecule has 22 heavy (non-hydrogen) atoms. The van der Waals surface area contributed by atoms with E-state index in [9.17, 15) is 14.7 Å². The number of likely N-dealkylation sites (tertiary alicyclic amines) is 1. The number of carbonyl (C=O) groups is 2. The number of rotatable bonds is 11. The third-order valence-electron chi connectivity index (χ3n) is 4.34. The molecule has 0 unspecified atom stereocenters. The lowest BCUT2D eigenvalue weighted by molar-refractivity contribution is -0.310. The van der Waals surface area contributed by atoms with Crippen molar-refractivity contribution in [3.8, 4) is 0 Å². The molecule has 0 saturated carbocycles. The summed E-state index contributed by atoms with van der Waals surface area (Å²) in [5.41, 5.74) is 0. The SMILES string of the molecule is CCCCCCCCCCCC(=O)N1CCC[C@H]1C(=O)[O-].[NH4+]. The number of carboxylic acids is 1. The lowest BCUT2D eigenvalue weighted by atomic mass is 10.1. The highest BCUT2D eigenvalue weighted by Crippen LogP contribution is 2.19. The Kier molecular flexibility index (Phi) is 11.8. The van der Waals surface area contributed by atoms with E-state index in [-0.39, 0.29) is 12.1 Å². The van der Waals surface area contributed by atoms with Crippen LogP contribution >= 0.6 is 0 Å². The normalized spacial score (nSPS) is 17.3. The summed E-state index contributed by atoms with van der Waals surface area (Å²) in [4.78, 5) is 24.4. The van der Waals surface area contributed by atoms with Crippen molar-refractivity contribution in [2.24, 2.45) is 0 Å². The smallest absolute Gasteiger partial charge is 0.223 e. The van der Waals surface area contributed by atoms with E-state index in [1.54, 1.807) is 0 Å². The molecular weight excluding hydrogens is 280 g/mol. The molecule has 130 valence electrons. The number of amides is 1. The highest BCUT2D eigenvalue weighted by atomic mass is 16.4. The van der Waals surface area contributed by atoms with E-state index in [1.165, 1.54) is 49.8 Å². The molecule has 0 radical (unpaired) electrons. The van der Waals surface area contributed by atoms with Crippen molar-refractivity contribution in [3.05, 3.63) is 0 Å². The number of hydrogen-bond acceptors (Lipinski definition) is 3. The second-order valence-corrected chi connectivity index (χ2v) is 6.14. The van der Waals surface area contributed by atoms with Gasteiger partial charge in [0.1, 0.15) is 0 Å². The maximum Gasteiger partial charge on any atom is 0.223 e. The minimum atomic E-state index is -1.10. The number of quaternary nitrogens is 1. The molecular formula is C17H34N2O3. The van der Waals surface area contributed by atoms with Gasteiger partial charge in [-0.3, -0.25) is 4.79 Å². The van der Waals surface area contributed by atoms with Crippen LogP contribution in [0, 0.1) is 0 Å². The molecule has 1 aliphatic rings. The summed E-state index contributed by atoms with van der Waals surface area (Å²) in [5, 5.41) is 10.9. The Balaban J connectivity index is 0.00000441. The molecule has 1 heterocycles. The van der Waals surface area contributed by atoms with Gasteiger partial charge in [-0.2, -0.15) is 0 Å². The van der Waals surface area contributed by atoms with Gasteiger partial charge < -0.3 is 21.0 Å². The first-order valence-electron chi connectivity index (χ1n) is 8.67. The first-order valence-corrected chi connectivity index (χ1v) is 8.67. The lowest BCUT2D eigenvalue weighted by Gasteiger charge is -2.25. The molecule has 1 atom stereocenters. The van der Waals surface area contributed by atoms with E-state index in [0.29, 0.717) is 19.4 Å². The Bertz CT molecular complexity index is 321. The summed E-state index contributed by atoms with van der Waals surface area (Å²) in [6, 6.07) is -0.684. The first kappa shape index (κ1) is 20.9. The number of hydrogen-bond donors (Lipinski definition) is 1. The first-order chi connectivity index (χ1) is 10.2. The van der Waals surface area contributed by atoms with E-state index in [1.807, 2.05) is 0 Å². The van der Waals surface area contributed by atoms with Crippen LogP contribution in [0.5, 0.6) is 0 Å². The minimum absolute atomic E-state index is 0. The zero-order chi connectivity index (χ0) is 15.5. The van der Waals surface area contributed by atoms with Crippen LogP contribution in [0.2, 0.25) is 0 Å². The van der Waals surface area contributed by atoms with Crippen molar-refractivity contribution in [2.75, 3.05) is 6.54 Å². The van der Waals surface area contributed by atoms with Crippen LogP contribution in [0.15, 0.2) is 0 Å². The van der Waals surface area contributed by atoms with Crippen molar-refractivity contribution >= 4 is 11.9 Å². The van der Waals surface area contributed by atoms with Gasteiger partial charge in [-0.05, 0) is 19.3 Å². The topological polar surface area (TPSA) is 96.9 Å². The highest BCUT2D eigenvalue weighted by Gasteiger charge is 2.28. The molecule has 1 fully saturated rings. The fourth-order valence-corrected chi connectivity index (χ4v) is 3.04.